The molecule has 0 bridgehead atoms. The Morgan fingerprint density at radius 2 is 1.73 bits per heavy atom. The second-order valence-electron chi connectivity index (χ2n) is 7.03. The van der Waals surface area contributed by atoms with Crippen LogP contribution in [0.2, 0.25) is 0 Å². The molecule has 9 heteroatoms. The molecular formula is C21H20N2O5S2. The Morgan fingerprint density at radius 1 is 0.967 bits per heavy atom. The van der Waals surface area contributed by atoms with E-state index in [-0.39, 0.29) is 10.6 Å². The zero-order valence-corrected chi connectivity index (χ0v) is 17.5. The molecule has 3 aromatic rings. The number of sulfonamides is 2. The van der Waals surface area contributed by atoms with Gasteiger partial charge in [0.15, 0.2) is 0 Å². The van der Waals surface area contributed by atoms with Crippen LogP contribution in [0.4, 0.5) is 5.69 Å². The second kappa shape index (κ2) is 7.75. The summed E-state index contributed by atoms with van der Waals surface area (Å²) >= 11 is 0. The number of fused-ring (bicyclic) bond motifs is 1. The van der Waals surface area contributed by atoms with E-state index in [1.54, 1.807) is 30.5 Å². The van der Waals surface area contributed by atoms with Crippen molar-refractivity contribution in [2.24, 2.45) is 5.14 Å². The van der Waals surface area contributed by atoms with E-state index in [0.717, 1.165) is 29.4 Å². The van der Waals surface area contributed by atoms with Crippen molar-refractivity contribution >= 4 is 31.8 Å². The maximum atomic E-state index is 12.6. The van der Waals surface area contributed by atoms with Gasteiger partial charge in [0, 0.05) is 5.56 Å². The van der Waals surface area contributed by atoms with E-state index in [1.165, 1.54) is 12.1 Å². The Morgan fingerprint density at radius 3 is 2.40 bits per heavy atom. The zero-order valence-electron chi connectivity index (χ0n) is 15.9. The average Bonchev–Trinajstić information content (AvgIpc) is 3.37. The standard InChI is InChI=1S/C21H20N2O5S2/c22-30(26,27)21-18-4-1-3-16(18)10-11-19(21)23-29(24,25)14-12-15-6-8-17(9-7-15)20-5-2-13-28-20/h2,5-14,23H,1,3-4H2,(H2,22,26,27)/b14-12+. The largest absolute Gasteiger partial charge is 0.464 e. The first kappa shape index (κ1) is 20.4. The number of primary sulfonamides is 1. The van der Waals surface area contributed by atoms with Gasteiger partial charge < -0.3 is 4.42 Å². The van der Waals surface area contributed by atoms with Crippen LogP contribution in [0.25, 0.3) is 17.4 Å². The number of benzene rings is 2. The van der Waals surface area contributed by atoms with Crippen LogP contribution < -0.4 is 9.86 Å². The van der Waals surface area contributed by atoms with Crippen LogP contribution >= 0.6 is 0 Å². The highest BCUT2D eigenvalue weighted by atomic mass is 32.2. The van der Waals surface area contributed by atoms with E-state index >= 15 is 0 Å². The molecule has 0 atom stereocenters. The molecule has 1 heterocycles. The molecule has 7 nitrogen and oxygen atoms in total. The van der Waals surface area contributed by atoms with Crippen molar-refractivity contribution in [2.45, 2.75) is 24.2 Å². The summed E-state index contributed by atoms with van der Waals surface area (Å²) in [6.45, 7) is 0. The molecule has 0 radical (unpaired) electrons. The van der Waals surface area contributed by atoms with Crippen LogP contribution in [-0.4, -0.2) is 16.8 Å². The Balaban J connectivity index is 1.58. The number of furan rings is 1. The monoisotopic (exact) mass is 444 g/mol. The summed E-state index contributed by atoms with van der Waals surface area (Å²) in [6.07, 6.45) is 5.11. The van der Waals surface area contributed by atoms with Crippen molar-refractivity contribution in [2.75, 3.05) is 4.72 Å². The lowest BCUT2D eigenvalue weighted by atomic mass is 10.1. The third-order valence-corrected chi connectivity index (χ3v) is 6.96. The van der Waals surface area contributed by atoms with E-state index < -0.39 is 20.0 Å². The van der Waals surface area contributed by atoms with Gasteiger partial charge in [0.1, 0.15) is 10.7 Å². The topological polar surface area (TPSA) is 119 Å². The highest BCUT2D eigenvalue weighted by Crippen LogP contribution is 2.34. The Bertz CT molecular complexity index is 1310. The van der Waals surface area contributed by atoms with Crippen LogP contribution in [0.1, 0.15) is 23.1 Å². The Hall–Kier alpha value is -2.88. The van der Waals surface area contributed by atoms with E-state index in [9.17, 15) is 16.8 Å². The Kier molecular flexibility index (Phi) is 5.27. The first-order valence-corrected chi connectivity index (χ1v) is 12.3. The van der Waals surface area contributed by atoms with Gasteiger partial charge in [0.25, 0.3) is 10.0 Å². The van der Waals surface area contributed by atoms with Crippen LogP contribution in [0.3, 0.4) is 0 Å². The number of hydrogen-bond acceptors (Lipinski definition) is 5. The molecule has 0 fully saturated rings. The fourth-order valence-electron chi connectivity index (χ4n) is 3.59. The van der Waals surface area contributed by atoms with Crippen molar-refractivity contribution < 1.29 is 21.3 Å². The minimum absolute atomic E-state index is 0.0315. The molecule has 1 aromatic heterocycles. The first-order chi connectivity index (χ1) is 14.2. The summed E-state index contributed by atoms with van der Waals surface area (Å²) in [4.78, 5) is -0.141. The van der Waals surface area contributed by atoms with Crippen LogP contribution in [0.15, 0.2) is 69.5 Å². The van der Waals surface area contributed by atoms with Gasteiger partial charge in [-0.2, -0.15) is 0 Å². The average molecular weight is 445 g/mol. The molecule has 2 aromatic carbocycles. The molecule has 156 valence electrons. The van der Waals surface area contributed by atoms with Crippen molar-refractivity contribution in [1.29, 1.82) is 0 Å². The summed E-state index contributed by atoms with van der Waals surface area (Å²) in [5.41, 5.74) is 2.98. The van der Waals surface area contributed by atoms with Gasteiger partial charge in [-0.1, -0.05) is 30.3 Å². The quantitative estimate of drug-likeness (QED) is 0.603. The molecule has 0 aliphatic heterocycles. The molecule has 0 spiro atoms. The van der Waals surface area contributed by atoms with Gasteiger partial charge in [-0.05, 0) is 60.2 Å². The van der Waals surface area contributed by atoms with Gasteiger partial charge in [-0.25, -0.2) is 22.0 Å². The molecule has 4 rings (SSSR count). The van der Waals surface area contributed by atoms with E-state index in [2.05, 4.69) is 4.72 Å². The van der Waals surface area contributed by atoms with E-state index in [1.807, 2.05) is 18.2 Å². The Labute approximate surface area is 175 Å². The normalized spacial score (nSPS) is 14.2. The fourth-order valence-corrected chi connectivity index (χ4v) is 5.54. The maximum absolute atomic E-state index is 12.6. The molecule has 1 aliphatic carbocycles. The van der Waals surface area contributed by atoms with E-state index in [4.69, 9.17) is 9.56 Å². The van der Waals surface area contributed by atoms with Crippen molar-refractivity contribution in [1.82, 2.24) is 0 Å². The van der Waals surface area contributed by atoms with E-state index in [0.29, 0.717) is 23.3 Å². The van der Waals surface area contributed by atoms with Crippen LogP contribution in [-0.2, 0) is 32.9 Å². The smallest absolute Gasteiger partial charge is 0.255 e. The third kappa shape index (κ3) is 4.33. The zero-order chi connectivity index (χ0) is 21.4. The number of nitrogens with one attached hydrogen (secondary N) is 1. The summed E-state index contributed by atoms with van der Waals surface area (Å²) < 4.78 is 57.0. The number of aryl methyl sites for hydroxylation is 1. The molecule has 0 amide bonds. The lowest BCUT2D eigenvalue weighted by molar-refractivity contribution is 0.582. The minimum atomic E-state index is -4.08. The van der Waals surface area contributed by atoms with Gasteiger partial charge in [0.05, 0.1) is 17.4 Å². The second-order valence-corrected chi connectivity index (χ2v) is 10.1. The van der Waals surface area contributed by atoms with Crippen LogP contribution in [0.5, 0.6) is 0 Å². The summed E-state index contributed by atoms with van der Waals surface area (Å²) in [5, 5.41) is 6.38. The fraction of sp³-hybridized carbons (Fsp3) is 0.143. The van der Waals surface area contributed by atoms with Gasteiger partial charge in [0.2, 0.25) is 10.0 Å². The number of nitrogens with two attached hydrogens (primary N) is 1. The first-order valence-electron chi connectivity index (χ1n) is 9.25. The lowest BCUT2D eigenvalue weighted by Gasteiger charge is -2.13. The molecule has 30 heavy (non-hydrogen) atoms. The SMILES string of the molecule is NS(=O)(=O)c1c(NS(=O)(=O)/C=C/c2ccc(-c3ccco3)cc2)ccc2c1CCC2. The molecule has 1 aliphatic rings. The molecular weight excluding hydrogens is 424 g/mol. The third-order valence-electron chi connectivity index (χ3n) is 4.92. The van der Waals surface area contributed by atoms with Crippen LogP contribution in [0, 0.1) is 0 Å². The number of rotatable bonds is 6. The van der Waals surface area contributed by atoms with Crippen molar-refractivity contribution in [3.63, 3.8) is 0 Å². The molecule has 0 saturated heterocycles. The minimum Gasteiger partial charge on any atom is -0.464 e. The summed E-state index contributed by atoms with van der Waals surface area (Å²) in [5.74, 6) is 0.715. The van der Waals surface area contributed by atoms with Gasteiger partial charge in [-0.15, -0.1) is 0 Å². The van der Waals surface area contributed by atoms with Crippen molar-refractivity contribution in [3.05, 3.63) is 76.9 Å². The van der Waals surface area contributed by atoms with Gasteiger partial charge in [-0.3, -0.25) is 4.72 Å². The van der Waals surface area contributed by atoms with Crippen molar-refractivity contribution in [3.8, 4) is 11.3 Å². The highest BCUT2D eigenvalue weighted by molar-refractivity contribution is 7.95. The lowest BCUT2D eigenvalue weighted by Crippen LogP contribution is -2.19. The van der Waals surface area contributed by atoms with Gasteiger partial charge >= 0.3 is 0 Å². The number of anilines is 1. The molecule has 3 N–H and O–H groups in total. The summed E-state index contributed by atoms with van der Waals surface area (Å²) in [7, 11) is -8.04. The molecule has 0 unspecified atom stereocenters. The predicted octanol–water partition coefficient (Wildman–Crippen LogP) is 3.50. The predicted molar refractivity (Wildman–Crippen MR) is 116 cm³/mol. The molecule has 0 saturated carbocycles. The number of hydrogen-bond donors (Lipinski definition) is 2. The maximum Gasteiger partial charge on any atom is 0.255 e. The summed E-state index contributed by atoms with van der Waals surface area (Å²) in [6, 6.07) is 14.0. The highest BCUT2D eigenvalue weighted by Gasteiger charge is 2.26.